The molecule has 1 amide bonds. The molecule has 0 aliphatic carbocycles. The van der Waals surface area contributed by atoms with Crippen molar-refractivity contribution < 1.29 is 14.3 Å². The molecule has 34 heavy (non-hydrogen) atoms. The monoisotopic (exact) mass is 474 g/mol. The summed E-state index contributed by atoms with van der Waals surface area (Å²) in [6, 6.07) is 18.4. The second kappa shape index (κ2) is 9.30. The van der Waals surface area contributed by atoms with Gasteiger partial charge in [-0.3, -0.25) is 4.79 Å². The lowest BCUT2D eigenvalue weighted by Gasteiger charge is -2.31. The number of rotatable bonds is 6. The van der Waals surface area contributed by atoms with Crippen molar-refractivity contribution in [1.82, 2.24) is 9.97 Å². The summed E-state index contributed by atoms with van der Waals surface area (Å²) in [5.74, 6) is 1.58. The van der Waals surface area contributed by atoms with E-state index in [4.69, 9.17) is 25.2 Å². The molecular weight excluding hydrogens is 448 g/mol. The number of nitrogens with zero attached hydrogens (tertiary/aromatic N) is 3. The third kappa shape index (κ3) is 4.17. The summed E-state index contributed by atoms with van der Waals surface area (Å²) < 4.78 is 11.1. The maximum atomic E-state index is 11.6. The number of primary amides is 1. The maximum Gasteiger partial charge on any atom is 0.226 e. The van der Waals surface area contributed by atoms with E-state index in [2.05, 4.69) is 29.2 Å². The van der Waals surface area contributed by atoms with Crippen molar-refractivity contribution in [1.29, 1.82) is 0 Å². The molecule has 8 heteroatoms. The van der Waals surface area contributed by atoms with Crippen LogP contribution in [-0.2, 0) is 4.79 Å². The molecule has 0 bridgehead atoms. The van der Waals surface area contributed by atoms with Gasteiger partial charge in [0.2, 0.25) is 11.9 Å². The fraction of sp³-hybridized carbons (Fsp3) is 0.269. The van der Waals surface area contributed by atoms with Crippen LogP contribution < -0.4 is 20.1 Å². The van der Waals surface area contributed by atoms with E-state index in [0.29, 0.717) is 43.4 Å². The first-order valence-electron chi connectivity index (χ1n) is 11.2. The minimum absolute atomic E-state index is 0.0914. The minimum Gasteiger partial charge on any atom is -0.493 e. The summed E-state index contributed by atoms with van der Waals surface area (Å²) in [5.41, 5.74) is 8.33. The number of methoxy groups -OCH3 is 2. The first-order chi connectivity index (χ1) is 16.6. The predicted molar refractivity (Wildman–Crippen MR) is 136 cm³/mol. The van der Waals surface area contributed by atoms with Crippen LogP contribution in [0.1, 0.15) is 12.8 Å². The van der Waals surface area contributed by atoms with Gasteiger partial charge in [-0.05, 0) is 36.6 Å². The Bertz CT molecular complexity index is 1330. The Balaban J connectivity index is 1.62. The van der Waals surface area contributed by atoms with Gasteiger partial charge in [0.25, 0.3) is 0 Å². The molecule has 0 saturated carbocycles. The average Bonchev–Trinajstić information content (AvgIpc) is 3.38. The van der Waals surface area contributed by atoms with Crippen molar-refractivity contribution in [2.75, 3.05) is 32.2 Å². The molecule has 174 valence electrons. The minimum atomic E-state index is -0.233. The number of piperidine rings is 1. The molecular formula is C26H26N4O3S. The van der Waals surface area contributed by atoms with Gasteiger partial charge in [-0.25, -0.2) is 9.97 Å². The molecule has 1 aliphatic heterocycles. The van der Waals surface area contributed by atoms with Gasteiger partial charge in [-0.2, -0.15) is 0 Å². The number of carbonyl (C=O) groups excluding carboxylic acids is 1. The molecule has 0 unspecified atom stereocenters. The number of anilines is 1. The van der Waals surface area contributed by atoms with Crippen molar-refractivity contribution in [2.24, 2.45) is 11.7 Å². The zero-order valence-corrected chi connectivity index (χ0v) is 20.0. The first kappa shape index (κ1) is 22.2. The molecule has 0 radical (unpaired) electrons. The molecule has 4 aromatic rings. The molecule has 3 heterocycles. The largest absolute Gasteiger partial charge is 0.493 e. The van der Waals surface area contributed by atoms with Crippen LogP contribution in [0.15, 0.2) is 54.6 Å². The molecule has 2 N–H and O–H groups in total. The number of hydrogen-bond donors (Lipinski definition) is 1. The van der Waals surface area contributed by atoms with Crippen LogP contribution in [0.5, 0.6) is 11.5 Å². The molecule has 1 fully saturated rings. The van der Waals surface area contributed by atoms with E-state index in [1.54, 1.807) is 25.6 Å². The van der Waals surface area contributed by atoms with Crippen molar-refractivity contribution in [3.8, 4) is 32.5 Å². The summed E-state index contributed by atoms with van der Waals surface area (Å²) in [6.45, 7) is 1.37. The normalized spacial score (nSPS) is 14.4. The molecule has 0 atom stereocenters. The molecule has 7 nitrogen and oxygen atoms in total. The second-order valence-electron chi connectivity index (χ2n) is 8.29. The lowest BCUT2D eigenvalue weighted by molar-refractivity contribution is -0.122. The van der Waals surface area contributed by atoms with Gasteiger partial charge >= 0.3 is 0 Å². The van der Waals surface area contributed by atoms with Gasteiger partial charge in [0, 0.05) is 35.3 Å². The second-order valence-corrected chi connectivity index (χ2v) is 9.37. The lowest BCUT2D eigenvalue weighted by atomic mass is 9.96. The highest BCUT2D eigenvalue weighted by Crippen LogP contribution is 2.40. The molecule has 2 aromatic carbocycles. The maximum absolute atomic E-state index is 11.6. The number of amides is 1. The molecule has 1 saturated heterocycles. The standard InChI is InChI=1S/C26H26N4O3S/c1-32-20-14-18-19(15-21(20)33-2)28-26(30-12-10-17(11-13-30)25(27)31)29-24(18)23-9-8-22(34-23)16-6-4-3-5-7-16/h3-9,14-15,17H,10-13H2,1-2H3,(H2,27,31). The topological polar surface area (TPSA) is 90.6 Å². The van der Waals surface area contributed by atoms with Gasteiger partial charge in [-0.1, -0.05) is 30.3 Å². The third-order valence-corrected chi connectivity index (χ3v) is 7.41. The van der Waals surface area contributed by atoms with Gasteiger partial charge in [0.05, 0.1) is 30.3 Å². The van der Waals surface area contributed by atoms with Crippen molar-refractivity contribution >= 4 is 34.1 Å². The van der Waals surface area contributed by atoms with Gasteiger partial charge < -0.3 is 20.1 Å². The Morgan fingerprint density at radius 2 is 1.65 bits per heavy atom. The molecule has 1 aliphatic rings. The number of benzene rings is 2. The number of ether oxygens (including phenoxy) is 2. The number of aromatic nitrogens is 2. The summed E-state index contributed by atoms with van der Waals surface area (Å²) >= 11 is 1.69. The fourth-order valence-corrected chi connectivity index (χ4v) is 5.37. The van der Waals surface area contributed by atoms with E-state index in [9.17, 15) is 4.79 Å². The molecule has 5 rings (SSSR count). The van der Waals surface area contributed by atoms with Crippen molar-refractivity contribution in [3.05, 3.63) is 54.6 Å². The van der Waals surface area contributed by atoms with E-state index >= 15 is 0 Å². The average molecular weight is 475 g/mol. The highest BCUT2D eigenvalue weighted by atomic mass is 32.1. The Kier molecular flexibility index (Phi) is 6.06. The van der Waals surface area contributed by atoms with Crippen molar-refractivity contribution in [3.63, 3.8) is 0 Å². The van der Waals surface area contributed by atoms with Crippen molar-refractivity contribution in [2.45, 2.75) is 12.8 Å². The van der Waals surface area contributed by atoms with Crippen LogP contribution in [0, 0.1) is 5.92 Å². The summed E-state index contributed by atoms with van der Waals surface area (Å²) in [5, 5.41) is 0.898. The van der Waals surface area contributed by atoms with Crippen LogP contribution in [0.3, 0.4) is 0 Å². The van der Waals surface area contributed by atoms with Crippen LogP contribution in [0.4, 0.5) is 5.95 Å². The number of nitrogens with two attached hydrogens (primary N) is 1. The zero-order chi connectivity index (χ0) is 23.7. The van der Waals surface area contributed by atoms with E-state index in [0.717, 1.165) is 21.5 Å². The SMILES string of the molecule is COc1cc2nc(N3CCC(C(N)=O)CC3)nc(-c3ccc(-c4ccccc4)s3)c2cc1OC. The Labute approximate surface area is 202 Å². The molecule has 2 aromatic heterocycles. The van der Waals surface area contributed by atoms with E-state index in [-0.39, 0.29) is 11.8 Å². The van der Waals surface area contributed by atoms with Gasteiger partial charge in [-0.15, -0.1) is 11.3 Å². The summed E-state index contributed by atoms with van der Waals surface area (Å²) in [7, 11) is 3.24. The van der Waals surface area contributed by atoms with Crippen LogP contribution in [0.2, 0.25) is 0 Å². The lowest BCUT2D eigenvalue weighted by Crippen LogP contribution is -2.39. The molecule has 0 spiro atoms. The number of hydrogen-bond acceptors (Lipinski definition) is 7. The van der Waals surface area contributed by atoms with Crippen LogP contribution in [-0.4, -0.2) is 43.2 Å². The van der Waals surface area contributed by atoms with Crippen LogP contribution >= 0.6 is 11.3 Å². The highest BCUT2D eigenvalue weighted by molar-refractivity contribution is 7.18. The van der Waals surface area contributed by atoms with Gasteiger partial charge in [0.15, 0.2) is 11.5 Å². The van der Waals surface area contributed by atoms with Crippen LogP contribution in [0.25, 0.3) is 31.9 Å². The Hall–Kier alpha value is -3.65. The number of thiophene rings is 1. The summed E-state index contributed by atoms with van der Waals surface area (Å²) in [6.07, 6.45) is 1.41. The van der Waals surface area contributed by atoms with E-state index in [1.807, 2.05) is 30.3 Å². The first-order valence-corrected chi connectivity index (χ1v) is 12.0. The fourth-order valence-electron chi connectivity index (χ4n) is 4.36. The summed E-state index contributed by atoms with van der Waals surface area (Å²) in [4.78, 5) is 25.8. The quantitative estimate of drug-likeness (QED) is 0.434. The van der Waals surface area contributed by atoms with E-state index in [1.165, 1.54) is 10.4 Å². The van der Waals surface area contributed by atoms with E-state index < -0.39 is 0 Å². The smallest absolute Gasteiger partial charge is 0.226 e. The Morgan fingerprint density at radius 3 is 2.32 bits per heavy atom. The predicted octanol–water partition coefficient (Wildman–Crippen LogP) is 4.74. The Morgan fingerprint density at radius 1 is 0.971 bits per heavy atom. The number of fused-ring (bicyclic) bond motifs is 1. The van der Waals surface area contributed by atoms with Gasteiger partial charge in [0.1, 0.15) is 0 Å². The highest BCUT2D eigenvalue weighted by Gasteiger charge is 2.26. The third-order valence-electron chi connectivity index (χ3n) is 6.27. The number of carbonyl (C=O) groups is 1. The zero-order valence-electron chi connectivity index (χ0n) is 19.2.